The van der Waals surface area contributed by atoms with Gasteiger partial charge in [0.1, 0.15) is 16.5 Å². The zero-order valence-corrected chi connectivity index (χ0v) is 14.2. The van der Waals surface area contributed by atoms with E-state index in [1.807, 2.05) is 0 Å². The van der Waals surface area contributed by atoms with Crippen molar-refractivity contribution in [3.8, 4) is 0 Å². The van der Waals surface area contributed by atoms with Gasteiger partial charge in [-0.15, -0.1) is 0 Å². The van der Waals surface area contributed by atoms with E-state index < -0.39 is 20.7 Å². The summed E-state index contributed by atoms with van der Waals surface area (Å²) in [6.07, 6.45) is 1.31. The first kappa shape index (κ1) is 16.4. The lowest BCUT2D eigenvalue weighted by atomic mass is 10.1. The fraction of sp³-hybridized carbons (Fsp3) is 0.200. The summed E-state index contributed by atoms with van der Waals surface area (Å²) in [4.78, 5) is -0.573. The van der Waals surface area contributed by atoms with Crippen molar-refractivity contribution in [2.45, 2.75) is 23.8 Å². The Kier molecular flexibility index (Phi) is 4.16. The molecule has 0 unspecified atom stereocenters. The third kappa shape index (κ3) is 3.24. The molecule has 0 fully saturated rings. The average Bonchev–Trinajstić information content (AvgIpc) is 2.78. The smallest absolute Gasteiger partial charge is 0.243 e. The highest BCUT2D eigenvalue weighted by Gasteiger charge is 2.27. The molecule has 0 heterocycles. The molecule has 23 heavy (non-hydrogen) atoms. The number of nitrogens with one attached hydrogen (secondary N) is 1. The molecule has 0 saturated heterocycles. The maximum atomic E-state index is 14.1. The quantitative estimate of drug-likeness (QED) is 0.825. The van der Waals surface area contributed by atoms with Crippen LogP contribution in [0.1, 0.15) is 23.6 Å². The number of primary sulfonamides is 1. The summed E-state index contributed by atoms with van der Waals surface area (Å²) in [6, 6.07) is 6.73. The molecular formula is C15H13BrF2N2O2S. The number of halogens is 3. The molecule has 0 aliphatic heterocycles. The van der Waals surface area contributed by atoms with Crippen LogP contribution in [0.2, 0.25) is 0 Å². The number of hydrogen-bond acceptors (Lipinski definition) is 3. The van der Waals surface area contributed by atoms with E-state index >= 15 is 0 Å². The van der Waals surface area contributed by atoms with E-state index in [1.165, 1.54) is 18.2 Å². The topological polar surface area (TPSA) is 72.2 Å². The van der Waals surface area contributed by atoms with E-state index in [1.54, 1.807) is 6.07 Å². The van der Waals surface area contributed by atoms with Crippen molar-refractivity contribution >= 4 is 31.6 Å². The Morgan fingerprint density at radius 3 is 2.65 bits per heavy atom. The van der Waals surface area contributed by atoms with E-state index in [0.717, 1.165) is 17.2 Å². The van der Waals surface area contributed by atoms with Crippen LogP contribution in [0.3, 0.4) is 0 Å². The first-order valence-corrected chi connectivity index (χ1v) is 9.16. The highest BCUT2D eigenvalue weighted by molar-refractivity contribution is 9.10. The Morgan fingerprint density at radius 1 is 1.22 bits per heavy atom. The molecule has 0 aromatic heterocycles. The van der Waals surface area contributed by atoms with Gasteiger partial charge in [-0.25, -0.2) is 22.3 Å². The summed E-state index contributed by atoms with van der Waals surface area (Å²) < 4.78 is 51.1. The van der Waals surface area contributed by atoms with Gasteiger partial charge in [0.05, 0.1) is 11.7 Å². The van der Waals surface area contributed by atoms with Gasteiger partial charge in [-0.05, 0) is 48.2 Å². The normalized spacial score (nSPS) is 17.1. The number of aryl methyl sites for hydroxylation is 1. The third-order valence-corrected chi connectivity index (χ3v) is 5.25. The minimum atomic E-state index is -4.22. The van der Waals surface area contributed by atoms with E-state index in [9.17, 15) is 17.2 Å². The second-order valence-electron chi connectivity index (χ2n) is 5.39. The van der Waals surface area contributed by atoms with Crippen molar-refractivity contribution in [2.24, 2.45) is 5.14 Å². The Labute approximate surface area is 140 Å². The largest absolute Gasteiger partial charge is 0.377 e. The molecule has 1 atom stereocenters. The summed E-state index contributed by atoms with van der Waals surface area (Å²) in [5.41, 5.74) is 1.81. The van der Waals surface area contributed by atoms with Crippen LogP contribution >= 0.6 is 15.9 Å². The monoisotopic (exact) mass is 402 g/mol. The van der Waals surface area contributed by atoms with E-state index in [2.05, 4.69) is 21.2 Å². The van der Waals surface area contributed by atoms with Gasteiger partial charge < -0.3 is 5.32 Å². The second-order valence-corrected chi connectivity index (χ2v) is 7.80. The van der Waals surface area contributed by atoms with Crippen LogP contribution in [0.15, 0.2) is 39.7 Å². The first-order chi connectivity index (χ1) is 10.8. The van der Waals surface area contributed by atoms with Crippen LogP contribution < -0.4 is 10.5 Å². The summed E-state index contributed by atoms with van der Waals surface area (Å²) in [5, 5.41) is 8.15. The number of sulfonamides is 1. The Morgan fingerprint density at radius 2 is 1.96 bits per heavy atom. The maximum absolute atomic E-state index is 14.1. The molecule has 0 radical (unpaired) electrons. The Bertz CT molecular complexity index is 887. The van der Waals surface area contributed by atoms with Crippen molar-refractivity contribution in [2.75, 3.05) is 5.32 Å². The molecule has 3 N–H and O–H groups in total. The minimum absolute atomic E-state index is 0.0848. The van der Waals surface area contributed by atoms with Gasteiger partial charge in [0, 0.05) is 4.47 Å². The fourth-order valence-corrected chi connectivity index (χ4v) is 4.07. The molecule has 3 rings (SSSR count). The van der Waals surface area contributed by atoms with Crippen molar-refractivity contribution in [1.82, 2.24) is 0 Å². The molecule has 2 aromatic carbocycles. The molecule has 2 aromatic rings. The van der Waals surface area contributed by atoms with Crippen molar-refractivity contribution in [3.63, 3.8) is 0 Å². The molecule has 122 valence electrons. The van der Waals surface area contributed by atoms with Crippen LogP contribution in [0.4, 0.5) is 14.5 Å². The molecular weight excluding hydrogens is 390 g/mol. The van der Waals surface area contributed by atoms with E-state index in [0.29, 0.717) is 17.3 Å². The lowest BCUT2D eigenvalue weighted by Gasteiger charge is -2.18. The molecule has 0 spiro atoms. The summed E-state index contributed by atoms with van der Waals surface area (Å²) >= 11 is 3.14. The van der Waals surface area contributed by atoms with Crippen molar-refractivity contribution in [1.29, 1.82) is 0 Å². The van der Waals surface area contributed by atoms with Gasteiger partial charge in [-0.2, -0.15) is 0 Å². The molecule has 0 bridgehead atoms. The number of rotatable bonds is 3. The standard InChI is InChI=1S/C15H13BrF2N2O2S/c16-9-6-12(18)15(23(19,21)22)14(7-9)20-13-4-1-8-5-10(17)2-3-11(8)13/h2-3,5-7,13,20H,1,4H2,(H2,19,21,22)/t13-/m0/s1. The second kappa shape index (κ2) is 5.85. The van der Waals surface area contributed by atoms with E-state index in [-0.39, 0.29) is 17.5 Å². The Balaban J connectivity index is 2.03. The van der Waals surface area contributed by atoms with Gasteiger partial charge in [0.25, 0.3) is 0 Å². The Hall–Kier alpha value is -1.51. The summed E-state index contributed by atoms with van der Waals surface area (Å²) in [7, 11) is -4.22. The zero-order valence-electron chi connectivity index (χ0n) is 11.8. The molecule has 0 amide bonds. The van der Waals surface area contributed by atoms with Crippen LogP contribution in [-0.2, 0) is 16.4 Å². The zero-order chi connectivity index (χ0) is 16.8. The lowest BCUT2D eigenvalue weighted by molar-refractivity contribution is 0.567. The average molecular weight is 403 g/mol. The van der Waals surface area contributed by atoms with Crippen molar-refractivity contribution in [3.05, 3.63) is 57.6 Å². The minimum Gasteiger partial charge on any atom is -0.377 e. The summed E-state index contributed by atoms with van der Waals surface area (Å²) in [6.45, 7) is 0. The molecule has 0 saturated carbocycles. The first-order valence-electron chi connectivity index (χ1n) is 6.82. The predicted molar refractivity (Wildman–Crippen MR) is 86.6 cm³/mol. The van der Waals surface area contributed by atoms with Gasteiger partial charge in [-0.3, -0.25) is 0 Å². The summed E-state index contributed by atoms with van der Waals surface area (Å²) in [5.74, 6) is -1.25. The number of nitrogens with two attached hydrogens (primary N) is 1. The van der Waals surface area contributed by atoms with Crippen LogP contribution in [0.5, 0.6) is 0 Å². The highest BCUT2D eigenvalue weighted by Crippen LogP contribution is 2.37. The molecule has 4 nitrogen and oxygen atoms in total. The number of anilines is 1. The maximum Gasteiger partial charge on any atom is 0.243 e. The molecule has 1 aliphatic carbocycles. The third-order valence-electron chi connectivity index (χ3n) is 3.81. The van der Waals surface area contributed by atoms with Gasteiger partial charge >= 0.3 is 0 Å². The van der Waals surface area contributed by atoms with Crippen LogP contribution in [-0.4, -0.2) is 8.42 Å². The number of fused-ring (bicyclic) bond motifs is 1. The van der Waals surface area contributed by atoms with Crippen molar-refractivity contribution < 1.29 is 17.2 Å². The van der Waals surface area contributed by atoms with Gasteiger partial charge in [-0.1, -0.05) is 22.0 Å². The molecule has 8 heteroatoms. The SMILES string of the molecule is NS(=O)(=O)c1c(F)cc(Br)cc1N[C@H]1CCc2cc(F)ccc21. The van der Waals surface area contributed by atoms with E-state index in [4.69, 9.17) is 5.14 Å². The predicted octanol–water partition coefficient (Wildman–Crippen LogP) is 3.47. The van der Waals surface area contributed by atoms with Gasteiger partial charge in [0.15, 0.2) is 0 Å². The van der Waals surface area contributed by atoms with Crippen LogP contribution in [0.25, 0.3) is 0 Å². The number of benzene rings is 2. The highest BCUT2D eigenvalue weighted by atomic mass is 79.9. The van der Waals surface area contributed by atoms with Gasteiger partial charge in [0.2, 0.25) is 10.0 Å². The molecule has 1 aliphatic rings. The van der Waals surface area contributed by atoms with Crippen LogP contribution in [0, 0.1) is 11.6 Å². The lowest BCUT2D eigenvalue weighted by Crippen LogP contribution is -2.18. The number of hydrogen-bond donors (Lipinski definition) is 2. The fourth-order valence-electron chi connectivity index (χ4n) is 2.88.